The van der Waals surface area contributed by atoms with Gasteiger partial charge in [-0.25, -0.2) is 4.39 Å². The van der Waals surface area contributed by atoms with Gasteiger partial charge in [0.1, 0.15) is 30.0 Å². The van der Waals surface area contributed by atoms with E-state index in [2.05, 4.69) is 21.7 Å². The van der Waals surface area contributed by atoms with Gasteiger partial charge in [-0.1, -0.05) is 24.3 Å². The van der Waals surface area contributed by atoms with Crippen molar-refractivity contribution in [2.24, 2.45) is 4.99 Å². The van der Waals surface area contributed by atoms with Crippen LogP contribution in [0.1, 0.15) is 5.56 Å². The van der Waals surface area contributed by atoms with Gasteiger partial charge in [-0.15, -0.1) is 0 Å². The Labute approximate surface area is 146 Å². The van der Waals surface area contributed by atoms with Gasteiger partial charge >= 0.3 is 0 Å². The largest absolute Gasteiger partial charge is 0.492 e. The van der Waals surface area contributed by atoms with E-state index in [1.165, 1.54) is 17.7 Å². The fraction of sp³-hybridized carbons (Fsp3) is 0.316. The van der Waals surface area contributed by atoms with Crippen molar-refractivity contribution < 1.29 is 13.9 Å². The van der Waals surface area contributed by atoms with Crippen LogP contribution in [0.2, 0.25) is 0 Å². The molecule has 0 bridgehead atoms. The molecule has 2 aromatic carbocycles. The summed E-state index contributed by atoms with van der Waals surface area (Å²) in [4.78, 5) is 4.18. The number of rotatable bonds is 6. The molecule has 0 spiro atoms. The molecule has 25 heavy (non-hydrogen) atoms. The quantitative estimate of drug-likeness (QED) is 0.480. The summed E-state index contributed by atoms with van der Waals surface area (Å²) >= 11 is 0. The van der Waals surface area contributed by atoms with E-state index in [9.17, 15) is 4.39 Å². The number of guanidine groups is 1. The molecule has 6 heteroatoms. The maximum atomic E-state index is 13.1. The number of aliphatic imine (C=N–C) groups is 1. The van der Waals surface area contributed by atoms with Gasteiger partial charge in [0.15, 0.2) is 5.96 Å². The van der Waals surface area contributed by atoms with E-state index in [0.29, 0.717) is 31.4 Å². The second-order valence-electron chi connectivity index (χ2n) is 5.74. The van der Waals surface area contributed by atoms with E-state index in [1.807, 2.05) is 18.2 Å². The maximum absolute atomic E-state index is 13.1. The van der Waals surface area contributed by atoms with Gasteiger partial charge < -0.3 is 20.1 Å². The van der Waals surface area contributed by atoms with Crippen LogP contribution in [0, 0.1) is 5.82 Å². The summed E-state index contributed by atoms with van der Waals surface area (Å²) < 4.78 is 24.5. The van der Waals surface area contributed by atoms with Crippen LogP contribution in [-0.2, 0) is 6.42 Å². The zero-order chi connectivity index (χ0) is 17.5. The van der Waals surface area contributed by atoms with E-state index in [-0.39, 0.29) is 11.9 Å². The fourth-order valence-corrected chi connectivity index (χ4v) is 2.69. The van der Waals surface area contributed by atoms with Gasteiger partial charge in [0.25, 0.3) is 0 Å². The number of ether oxygens (including phenoxy) is 2. The van der Waals surface area contributed by atoms with Crippen molar-refractivity contribution in [1.29, 1.82) is 0 Å². The minimum absolute atomic E-state index is 0.0968. The SMILES string of the molecule is CN=C(NCCOc1cccc(F)c1)NCC1Cc2ccccc2O1. The van der Waals surface area contributed by atoms with Gasteiger partial charge in [0, 0.05) is 19.5 Å². The molecule has 0 saturated heterocycles. The first-order chi connectivity index (χ1) is 12.2. The number of hydrogen-bond acceptors (Lipinski definition) is 3. The number of halogens is 1. The smallest absolute Gasteiger partial charge is 0.191 e. The molecule has 0 saturated carbocycles. The van der Waals surface area contributed by atoms with Crippen LogP contribution in [0.15, 0.2) is 53.5 Å². The van der Waals surface area contributed by atoms with Crippen LogP contribution < -0.4 is 20.1 Å². The van der Waals surface area contributed by atoms with Gasteiger partial charge in [0.05, 0.1) is 13.1 Å². The molecule has 0 aliphatic carbocycles. The lowest BCUT2D eigenvalue weighted by Crippen LogP contribution is -2.43. The van der Waals surface area contributed by atoms with E-state index >= 15 is 0 Å². The molecule has 2 aromatic rings. The normalized spacial score (nSPS) is 16.1. The highest BCUT2D eigenvalue weighted by Crippen LogP contribution is 2.27. The van der Waals surface area contributed by atoms with Crippen molar-refractivity contribution in [1.82, 2.24) is 10.6 Å². The molecule has 1 aliphatic heterocycles. The molecule has 0 aromatic heterocycles. The lowest BCUT2D eigenvalue weighted by atomic mass is 10.1. The third-order valence-corrected chi connectivity index (χ3v) is 3.89. The van der Waals surface area contributed by atoms with Crippen LogP contribution in [0.3, 0.4) is 0 Å². The van der Waals surface area contributed by atoms with Crippen molar-refractivity contribution >= 4 is 5.96 Å². The Morgan fingerprint density at radius 2 is 2.12 bits per heavy atom. The summed E-state index contributed by atoms with van der Waals surface area (Å²) in [5.74, 6) is 1.85. The predicted octanol–water partition coefficient (Wildman–Crippen LogP) is 2.37. The summed E-state index contributed by atoms with van der Waals surface area (Å²) in [6, 6.07) is 14.2. The van der Waals surface area contributed by atoms with Gasteiger partial charge in [0.2, 0.25) is 0 Å². The van der Waals surface area contributed by atoms with Crippen molar-refractivity contribution in [3.8, 4) is 11.5 Å². The molecular formula is C19H22FN3O2. The molecule has 1 unspecified atom stereocenters. The van der Waals surface area contributed by atoms with Crippen LogP contribution in [-0.4, -0.2) is 38.8 Å². The summed E-state index contributed by atoms with van der Waals surface area (Å²) in [5, 5.41) is 6.42. The van der Waals surface area contributed by atoms with Crippen LogP contribution in [0.5, 0.6) is 11.5 Å². The van der Waals surface area contributed by atoms with Crippen molar-refractivity contribution in [2.45, 2.75) is 12.5 Å². The molecule has 0 radical (unpaired) electrons. The molecule has 0 amide bonds. The number of para-hydroxylation sites is 1. The Morgan fingerprint density at radius 1 is 1.24 bits per heavy atom. The number of nitrogens with one attached hydrogen (secondary N) is 2. The van der Waals surface area contributed by atoms with Gasteiger partial charge in [-0.2, -0.15) is 0 Å². The molecule has 3 rings (SSSR count). The molecular weight excluding hydrogens is 321 g/mol. The van der Waals surface area contributed by atoms with Crippen LogP contribution in [0.25, 0.3) is 0 Å². The van der Waals surface area contributed by atoms with E-state index in [4.69, 9.17) is 9.47 Å². The minimum atomic E-state index is -0.305. The minimum Gasteiger partial charge on any atom is -0.492 e. The Morgan fingerprint density at radius 3 is 2.92 bits per heavy atom. The summed E-state index contributed by atoms with van der Waals surface area (Å²) in [6.45, 7) is 1.64. The van der Waals surface area contributed by atoms with Crippen LogP contribution in [0.4, 0.5) is 4.39 Å². The number of hydrogen-bond donors (Lipinski definition) is 2. The second-order valence-corrected chi connectivity index (χ2v) is 5.74. The maximum Gasteiger partial charge on any atom is 0.191 e. The Hall–Kier alpha value is -2.76. The third kappa shape index (κ3) is 4.86. The lowest BCUT2D eigenvalue weighted by Gasteiger charge is -2.15. The number of fused-ring (bicyclic) bond motifs is 1. The topological polar surface area (TPSA) is 54.9 Å². The monoisotopic (exact) mass is 343 g/mol. The highest BCUT2D eigenvalue weighted by atomic mass is 19.1. The van der Waals surface area contributed by atoms with Crippen molar-refractivity contribution in [2.75, 3.05) is 26.7 Å². The van der Waals surface area contributed by atoms with E-state index in [1.54, 1.807) is 19.2 Å². The van der Waals surface area contributed by atoms with Crippen LogP contribution >= 0.6 is 0 Å². The van der Waals surface area contributed by atoms with Crippen molar-refractivity contribution in [3.63, 3.8) is 0 Å². The second kappa shape index (κ2) is 8.37. The van der Waals surface area contributed by atoms with E-state index < -0.39 is 0 Å². The predicted molar refractivity (Wildman–Crippen MR) is 95.8 cm³/mol. The zero-order valence-electron chi connectivity index (χ0n) is 14.2. The summed E-state index contributed by atoms with van der Waals surface area (Å²) in [6.07, 6.45) is 0.988. The Bertz CT molecular complexity index is 711. The summed E-state index contributed by atoms with van der Waals surface area (Å²) in [7, 11) is 1.72. The number of benzene rings is 2. The molecule has 5 nitrogen and oxygen atoms in total. The molecule has 132 valence electrons. The van der Waals surface area contributed by atoms with Gasteiger partial charge in [-0.05, 0) is 23.8 Å². The first kappa shape index (κ1) is 17.1. The molecule has 1 heterocycles. The average Bonchev–Trinajstić information content (AvgIpc) is 3.04. The van der Waals surface area contributed by atoms with Crippen molar-refractivity contribution in [3.05, 3.63) is 59.9 Å². The Balaban J connectivity index is 1.36. The number of nitrogens with zero attached hydrogens (tertiary/aromatic N) is 1. The standard InChI is InChI=1S/C19H22FN3O2/c1-21-19(22-9-10-24-16-7-4-6-15(20)12-16)23-13-17-11-14-5-2-3-8-18(14)25-17/h2-8,12,17H,9-11,13H2,1H3,(H2,21,22,23). The van der Waals surface area contributed by atoms with Gasteiger partial charge in [-0.3, -0.25) is 4.99 Å². The average molecular weight is 343 g/mol. The summed E-state index contributed by atoms with van der Waals surface area (Å²) in [5.41, 5.74) is 1.24. The molecule has 1 atom stereocenters. The lowest BCUT2D eigenvalue weighted by molar-refractivity contribution is 0.234. The fourth-order valence-electron chi connectivity index (χ4n) is 2.69. The Kier molecular flexibility index (Phi) is 5.72. The first-order valence-corrected chi connectivity index (χ1v) is 8.32. The zero-order valence-corrected chi connectivity index (χ0v) is 14.2. The molecule has 0 fully saturated rings. The van der Waals surface area contributed by atoms with E-state index in [0.717, 1.165) is 12.2 Å². The first-order valence-electron chi connectivity index (χ1n) is 8.32. The highest BCUT2D eigenvalue weighted by molar-refractivity contribution is 5.79. The molecule has 2 N–H and O–H groups in total. The third-order valence-electron chi connectivity index (χ3n) is 3.89. The molecule has 1 aliphatic rings. The highest BCUT2D eigenvalue weighted by Gasteiger charge is 2.22.